The van der Waals surface area contributed by atoms with Gasteiger partial charge >= 0.3 is 6.03 Å². The van der Waals surface area contributed by atoms with Gasteiger partial charge in [-0.3, -0.25) is 0 Å². The molecule has 0 saturated carbocycles. The first-order valence-corrected chi connectivity index (χ1v) is 11.2. The van der Waals surface area contributed by atoms with Crippen LogP contribution in [-0.4, -0.2) is 63.5 Å². The highest BCUT2D eigenvalue weighted by Crippen LogP contribution is 2.31. The summed E-state index contributed by atoms with van der Waals surface area (Å²) in [6, 6.07) is 13.8. The van der Waals surface area contributed by atoms with Crippen molar-refractivity contribution in [2.75, 3.05) is 33.8 Å². The molecule has 1 aliphatic heterocycles. The molecule has 0 radical (unpaired) electrons. The predicted octanol–water partition coefficient (Wildman–Crippen LogP) is 2.31. The Hall–Kier alpha value is -2.78. The van der Waals surface area contributed by atoms with Crippen LogP contribution in [0.1, 0.15) is 12.5 Å². The van der Waals surface area contributed by atoms with E-state index in [0.29, 0.717) is 36.8 Å². The second-order valence-electron chi connectivity index (χ2n) is 7.09. The minimum absolute atomic E-state index is 0.101. The number of ether oxygens (including phenoxy) is 2. The molecule has 0 spiro atoms. The van der Waals surface area contributed by atoms with Gasteiger partial charge in [0.25, 0.3) is 0 Å². The third kappa shape index (κ3) is 4.85. The van der Waals surface area contributed by atoms with Crippen LogP contribution in [0.2, 0.25) is 0 Å². The SMILES string of the molecule is CCN(CC1COc2ccccc2O1)C(=O)NCc1ccccc1S(=O)(=O)N(C)C. The molecule has 30 heavy (non-hydrogen) atoms. The summed E-state index contributed by atoms with van der Waals surface area (Å²) < 4.78 is 37.9. The van der Waals surface area contributed by atoms with Gasteiger partial charge in [0, 0.05) is 27.2 Å². The van der Waals surface area contributed by atoms with Crippen molar-refractivity contribution in [1.29, 1.82) is 0 Å². The highest BCUT2D eigenvalue weighted by Gasteiger charge is 2.25. The van der Waals surface area contributed by atoms with Gasteiger partial charge in [-0.1, -0.05) is 30.3 Å². The van der Waals surface area contributed by atoms with Crippen LogP contribution in [0.3, 0.4) is 0 Å². The maximum absolute atomic E-state index is 12.7. The van der Waals surface area contributed by atoms with E-state index in [2.05, 4.69) is 5.32 Å². The molecule has 1 heterocycles. The van der Waals surface area contributed by atoms with Crippen molar-refractivity contribution in [2.24, 2.45) is 0 Å². The van der Waals surface area contributed by atoms with Crippen molar-refractivity contribution >= 4 is 16.1 Å². The molecule has 0 aromatic heterocycles. The highest BCUT2D eigenvalue weighted by atomic mass is 32.2. The van der Waals surface area contributed by atoms with Crippen molar-refractivity contribution in [3.05, 3.63) is 54.1 Å². The molecule has 162 valence electrons. The number of nitrogens with one attached hydrogen (secondary N) is 1. The molecule has 1 aliphatic rings. The Morgan fingerprint density at radius 2 is 1.77 bits per heavy atom. The van der Waals surface area contributed by atoms with Crippen molar-refractivity contribution in [3.8, 4) is 11.5 Å². The fourth-order valence-corrected chi connectivity index (χ4v) is 4.25. The summed E-state index contributed by atoms with van der Waals surface area (Å²) in [6.45, 7) is 3.16. The molecule has 1 N–H and O–H groups in total. The maximum atomic E-state index is 12.7. The zero-order chi connectivity index (χ0) is 21.7. The van der Waals surface area contributed by atoms with E-state index in [9.17, 15) is 13.2 Å². The van der Waals surface area contributed by atoms with Crippen molar-refractivity contribution in [2.45, 2.75) is 24.5 Å². The quantitative estimate of drug-likeness (QED) is 0.724. The number of para-hydroxylation sites is 2. The number of benzene rings is 2. The number of rotatable bonds is 7. The predicted molar refractivity (Wildman–Crippen MR) is 113 cm³/mol. The van der Waals surface area contributed by atoms with Gasteiger partial charge in [0.15, 0.2) is 17.6 Å². The first-order chi connectivity index (χ1) is 14.3. The van der Waals surface area contributed by atoms with Gasteiger partial charge in [-0.05, 0) is 30.7 Å². The average Bonchev–Trinajstić information content (AvgIpc) is 2.75. The topological polar surface area (TPSA) is 88.2 Å². The number of likely N-dealkylation sites (N-methyl/N-ethyl adjacent to an activating group) is 1. The summed E-state index contributed by atoms with van der Waals surface area (Å²) in [6.07, 6.45) is -0.285. The van der Waals surface area contributed by atoms with Gasteiger partial charge in [-0.2, -0.15) is 0 Å². The Kier molecular flexibility index (Phi) is 6.84. The highest BCUT2D eigenvalue weighted by molar-refractivity contribution is 7.89. The first-order valence-electron chi connectivity index (χ1n) is 9.74. The van der Waals surface area contributed by atoms with Crippen LogP contribution in [0.5, 0.6) is 11.5 Å². The number of carbonyl (C=O) groups excluding carboxylic acids is 1. The van der Waals surface area contributed by atoms with Crippen LogP contribution in [0.25, 0.3) is 0 Å². The zero-order valence-electron chi connectivity index (χ0n) is 17.4. The number of sulfonamides is 1. The zero-order valence-corrected chi connectivity index (χ0v) is 18.2. The lowest BCUT2D eigenvalue weighted by Gasteiger charge is -2.31. The summed E-state index contributed by atoms with van der Waals surface area (Å²) in [7, 11) is -0.640. The molecule has 0 aliphatic carbocycles. The van der Waals surface area contributed by atoms with Crippen molar-refractivity contribution in [1.82, 2.24) is 14.5 Å². The maximum Gasteiger partial charge on any atom is 0.317 e. The molecule has 8 nitrogen and oxygen atoms in total. The third-order valence-corrected chi connectivity index (χ3v) is 6.74. The lowest BCUT2D eigenvalue weighted by atomic mass is 10.2. The van der Waals surface area contributed by atoms with E-state index >= 15 is 0 Å². The number of hydrogen-bond acceptors (Lipinski definition) is 5. The van der Waals surface area contributed by atoms with Crippen LogP contribution in [0.15, 0.2) is 53.4 Å². The minimum Gasteiger partial charge on any atom is -0.486 e. The van der Waals surface area contributed by atoms with Gasteiger partial charge < -0.3 is 19.7 Å². The summed E-state index contributed by atoms with van der Waals surface area (Å²) >= 11 is 0. The Bertz CT molecular complexity index is 994. The van der Waals surface area contributed by atoms with E-state index in [1.54, 1.807) is 29.2 Å². The van der Waals surface area contributed by atoms with E-state index in [-0.39, 0.29) is 23.6 Å². The third-order valence-electron chi connectivity index (χ3n) is 4.82. The monoisotopic (exact) mass is 433 g/mol. The van der Waals surface area contributed by atoms with Gasteiger partial charge in [0.05, 0.1) is 11.4 Å². The van der Waals surface area contributed by atoms with Gasteiger partial charge in [-0.15, -0.1) is 0 Å². The van der Waals surface area contributed by atoms with Crippen LogP contribution in [-0.2, 0) is 16.6 Å². The molecule has 3 rings (SSSR count). The fourth-order valence-electron chi connectivity index (χ4n) is 3.14. The van der Waals surface area contributed by atoms with E-state index in [1.807, 2.05) is 31.2 Å². The van der Waals surface area contributed by atoms with Gasteiger partial charge in [0.1, 0.15) is 6.61 Å². The number of hydrogen-bond donors (Lipinski definition) is 1. The van der Waals surface area contributed by atoms with Crippen LogP contribution < -0.4 is 14.8 Å². The molecule has 0 saturated heterocycles. The van der Waals surface area contributed by atoms with E-state index in [4.69, 9.17) is 9.47 Å². The Morgan fingerprint density at radius 1 is 1.10 bits per heavy atom. The number of fused-ring (bicyclic) bond motifs is 1. The van der Waals surface area contributed by atoms with Crippen LogP contribution >= 0.6 is 0 Å². The van der Waals surface area contributed by atoms with E-state index < -0.39 is 10.0 Å². The second kappa shape index (κ2) is 9.36. The summed E-state index contributed by atoms with van der Waals surface area (Å²) in [5.41, 5.74) is 0.529. The van der Waals surface area contributed by atoms with E-state index in [1.165, 1.54) is 14.1 Å². The molecule has 2 amide bonds. The largest absolute Gasteiger partial charge is 0.486 e. The lowest BCUT2D eigenvalue weighted by molar-refractivity contribution is 0.0675. The number of nitrogens with zero attached hydrogens (tertiary/aromatic N) is 2. The minimum atomic E-state index is -3.60. The fraction of sp³-hybridized carbons (Fsp3) is 0.381. The summed E-state index contributed by atoms with van der Waals surface area (Å²) in [4.78, 5) is 14.5. The Balaban J connectivity index is 1.63. The Morgan fingerprint density at radius 3 is 2.47 bits per heavy atom. The standard InChI is InChI=1S/C21H27N3O5S/c1-4-24(14-17-15-28-18-10-6-7-11-19(18)29-17)21(25)22-13-16-9-5-8-12-20(16)30(26,27)23(2)3/h5-12,17H,4,13-15H2,1-3H3,(H,22,25). The second-order valence-corrected chi connectivity index (χ2v) is 9.21. The molecule has 9 heteroatoms. The molecule has 0 fully saturated rings. The molecule has 2 aromatic carbocycles. The van der Waals surface area contributed by atoms with Crippen molar-refractivity contribution < 1.29 is 22.7 Å². The van der Waals surface area contributed by atoms with Gasteiger partial charge in [0.2, 0.25) is 10.0 Å². The number of carbonyl (C=O) groups is 1. The normalized spacial score (nSPS) is 15.7. The molecular weight excluding hydrogens is 406 g/mol. The smallest absolute Gasteiger partial charge is 0.317 e. The molecular formula is C21H27N3O5S. The van der Waals surface area contributed by atoms with Gasteiger partial charge in [-0.25, -0.2) is 17.5 Å². The van der Waals surface area contributed by atoms with E-state index in [0.717, 1.165) is 4.31 Å². The summed E-state index contributed by atoms with van der Waals surface area (Å²) in [5.74, 6) is 1.35. The van der Waals surface area contributed by atoms with Crippen LogP contribution in [0, 0.1) is 0 Å². The van der Waals surface area contributed by atoms with Crippen LogP contribution in [0.4, 0.5) is 4.79 Å². The number of urea groups is 1. The van der Waals surface area contributed by atoms with Crippen molar-refractivity contribution in [3.63, 3.8) is 0 Å². The first kappa shape index (κ1) is 21.9. The average molecular weight is 434 g/mol. The number of amides is 2. The Labute approximate surface area is 177 Å². The summed E-state index contributed by atoms with van der Waals surface area (Å²) in [5, 5.41) is 2.82. The molecule has 2 aromatic rings. The molecule has 1 atom stereocenters. The lowest BCUT2D eigenvalue weighted by Crippen LogP contribution is -2.47. The molecule has 0 bridgehead atoms. The molecule has 1 unspecified atom stereocenters.